The summed E-state index contributed by atoms with van der Waals surface area (Å²) >= 11 is 1.62. The lowest BCUT2D eigenvalue weighted by atomic mass is 9.88. The Morgan fingerprint density at radius 2 is 1.83 bits per heavy atom. The number of hydrogen-bond acceptors (Lipinski definition) is 3. The van der Waals surface area contributed by atoms with Gasteiger partial charge in [0, 0.05) is 26.6 Å². The summed E-state index contributed by atoms with van der Waals surface area (Å²) in [5, 5.41) is 10.3. The van der Waals surface area contributed by atoms with Crippen LogP contribution in [0.5, 0.6) is 5.75 Å². The molecule has 30 heavy (non-hydrogen) atoms. The molecule has 3 aromatic rings. The van der Waals surface area contributed by atoms with Crippen LogP contribution in [0, 0.1) is 0 Å². The number of fused-ring (bicyclic) bond motifs is 1. The van der Waals surface area contributed by atoms with Gasteiger partial charge in [0.05, 0.1) is 6.61 Å². The Balaban J connectivity index is 2.31. The van der Waals surface area contributed by atoms with E-state index in [1.165, 1.54) is 17.2 Å². The van der Waals surface area contributed by atoms with Gasteiger partial charge < -0.3 is 9.84 Å². The first-order valence-electron chi connectivity index (χ1n) is 10.5. The van der Waals surface area contributed by atoms with Crippen molar-refractivity contribution in [2.24, 2.45) is 0 Å². The summed E-state index contributed by atoms with van der Waals surface area (Å²) in [6.45, 7) is 13.3. The first-order chi connectivity index (χ1) is 14.2. The highest BCUT2D eigenvalue weighted by Crippen LogP contribution is 2.44. The Morgan fingerprint density at radius 3 is 2.43 bits per heavy atom. The summed E-state index contributed by atoms with van der Waals surface area (Å²) in [5.41, 5.74) is 5.53. The Kier molecular flexibility index (Phi) is 6.67. The zero-order valence-electron chi connectivity index (χ0n) is 18.6. The van der Waals surface area contributed by atoms with E-state index in [9.17, 15) is 4.79 Å². The highest BCUT2D eigenvalue weighted by atomic mass is 32.1. The fraction of sp³-hybridized carbons (Fsp3) is 0.346. The molecule has 1 N–H and O–H groups in total. The molecule has 158 valence electrons. The van der Waals surface area contributed by atoms with E-state index in [0.717, 1.165) is 37.4 Å². The molecule has 0 aliphatic heterocycles. The topological polar surface area (TPSA) is 46.5 Å². The minimum Gasteiger partial charge on any atom is -0.493 e. The standard InChI is InChI=1S/C26H30O3S/c1-7-29-26-20(16(4)5)12-18(15(2)3)13-22(26)19-9-8-10-23-21(19)14-24(30-23)17(6)11-25(27)28/h8-16H,7H2,1-6H3,(H,27,28). The minimum absolute atomic E-state index is 0.349. The van der Waals surface area contributed by atoms with Gasteiger partial charge in [0.15, 0.2) is 0 Å². The molecule has 0 aliphatic carbocycles. The number of thiophene rings is 1. The molecule has 0 aliphatic rings. The van der Waals surface area contributed by atoms with E-state index in [2.05, 4.69) is 64.1 Å². The largest absolute Gasteiger partial charge is 0.493 e. The Bertz CT molecular complexity index is 1100. The van der Waals surface area contributed by atoms with Crippen LogP contribution in [-0.4, -0.2) is 17.7 Å². The van der Waals surface area contributed by atoms with Crippen LogP contribution in [-0.2, 0) is 4.79 Å². The Hall–Kier alpha value is -2.59. The summed E-state index contributed by atoms with van der Waals surface area (Å²) in [6, 6.07) is 13.0. The number of carboxylic acid groups (broad SMARTS) is 1. The average molecular weight is 423 g/mol. The maximum atomic E-state index is 11.1. The first-order valence-corrected chi connectivity index (χ1v) is 11.3. The van der Waals surface area contributed by atoms with Crippen LogP contribution in [0.15, 0.2) is 42.5 Å². The van der Waals surface area contributed by atoms with Crippen molar-refractivity contribution in [3.63, 3.8) is 0 Å². The van der Waals surface area contributed by atoms with Crippen molar-refractivity contribution in [2.45, 2.75) is 53.4 Å². The molecule has 4 heteroatoms. The molecule has 0 atom stereocenters. The number of carboxylic acids is 1. The predicted molar refractivity (Wildman–Crippen MR) is 128 cm³/mol. The smallest absolute Gasteiger partial charge is 0.328 e. The maximum absolute atomic E-state index is 11.1. The van der Waals surface area contributed by atoms with E-state index < -0.39 is 5.97 Å². The SMILES string of the molecule is CCOc1c(-c2cccc3sc(C(C)=CC(=O)O)cc23)cc(C(C)C)cc1C(C)C. The fourth-order valence-electron chi connectivity index (χ4n) is 3.69. The molecule has 1 aromatic heterocycles. The second-order valence-electron chi connectivity index (χ2n) is 8.22. The van der Waals surface area contributed by atoms with Crippen LogP contribution in [0.1, 0.15) is 69.4 Å². The number of rotatable bonds is 7. The lowest BCUT2D eigenvalue weighted by Gasteiger charge is -2.21. The van der Waals surface area contributed by atoms with Crippen LogP contribution in [0.25, 0.3) is 26.8 Å². The van der Waals surface area contributed by atoms with Gasteiger partial charge >= 0.3 is 5.97 Å². The van der Waals surface area contributed by atoms with E-state index in [-0.39, 0.29) is 0 Å². The molecule has 0 amide bonds. The molecule has 0 saturated heterocycles. The predicted octanol–water partition coefficient (Wildman–Crippen LogP) is 7.70. The second-order valence-corrected chi connectivity index (χ2v) is 9.31. The molecule has 1 heterocycles. The quantitative estimate of drug-likeness (QED) is 0.397. The molecular formula is C26H30O3S. The van der Waals surface area contributed by atoms with Crippen molar-refractivity contribution >= 4 is 33.0 Å². The van der Waals surface area contributed by atoms with E-state index in [0.29, 0.717) is 18.4 Å². The van der Waals surface area contributed by atoms with Crippen LogP contribution in [0.4, 0.5) is 0 Å². The van der Waals surface area contributed by atoms with Crippen LogP contribution in [0.2, 0.25) is 0 Å². The summed E-state index contributed by atoms with van der Waals surface area (Å²) in [6.07, 6.45) is 1.27. The third kappa shape index (κ3) is 4.44. The van der Waals surface area contributed by atoms with Gasteiger partial charge in [-0.05, 0) is 66.1 Å². The number of aliphatic carboxylic acids is 1. The normalized spacial score (nSPS) is 12.2. The van der Waals surface area contributed by atoms with Crippen molar-refractivity contribution in [3.8, 4) is 16.9 Å². The van der Waals surface area contributed by atoms with Gasteiger partial charge in [0.1, 0.15) is 5.75 Å². The van der Waals surface area contributed by atoms with Gasteiger partial charge in [-0.1, -0.05) is 45.9 Å². The van der Waals surface area contributed by atoms with Crippen molar-refractivity contribution in [3.05, 3.63) is 58.5 Å². The molecule has 3 rings (SSSR count). The molecule has 3 nitrogen and oxygen atoms in total. The van der Waals surface area contributed by atoms with Crippen LogP contribution >= 0.6 is 11.3 Å². The number of ether oxygens (including phenoxy) is 1. The molecule has 0 unspecified atom stereocenters. The van der Waals surface area contributed by atoms with Crippen LogP contribution in [0.3, 0.4) is 0 Å². The average Bonchev–Trinajstić information content (AvgIpc) is 3.12. The van der Waals surface area contributed by atoms with Crippen molar-refractivity contribution in [1.29, 1.82) is 0 Å². The van der Waals surface area contributed by atoms with Gasteiger partial charge in [-0.15, -0.1) is 11.3 Å². The molecule has 0 saturated carbocycles. The Morgan fingerprint density at radius 1 is 1.10 bits per heavy atom. The van der Waals surface area contributed by atoms with Crippen molar-refractivity contribution in [1.82, 2.24) is 0 Å². The summed E-state index contributed by atoms with van der Waals surface area (Å²) < 4.78 is 7.33. The van der Waals surface area contributed by atoms with E-state index >= 15 is 0 Å². The zero-order valence-corrected chi connectivity index (χ0v) is 19.4. The van der Waals surface area contributed by atoms with Gasteiger partial charge in [-0.25, -0.2) is 4.79 Å². The second kappa shape index (κ2) is 9.05. The van der Waals surface area contributed by atoms with E-state index in [1.807, 2.05) is 13.8 Å². The number of benzene rings is 2. The monoisotopic (exact) mass is 422 g/mol. The molecular weight excluding hydrogens is 392 g/mol. The molecule has 0 radical (unpaired) electrons. The summed E-state index contributed by atoms with van der Waals surface area (Å²) in [4.78, 5) is 12.1. The van der Waals surface area contributed by atoms with Gasteiger partial charge in [-0.3, -0.25) is 0 Å². The lowest BCUT2D eigenvalue weighted by molar-refractivity contribution is -0.131. The third-order valence-corrected chi connectivity index (χ3v) is 6.53. The fourth-order valence-corrected chi connectivity index (χ4v) is 4.75. The van der Waals surface area contributed by atoms with Gasteiger partial charge in [0.25, 0.3) is 0 Å². The van der Waals surface area contributed by atoms with E-state index in [4.69, 9.17) is 9.84 Å². The minimum atomic E-state index is -0.921. The third-order valence-electron chi connectivity index (χ3n) is 5.30. The summed E-state index contributed by atoms with van der Waals surface area (Å²) in [7, 11) is 0. The van der Waals surface area contributed by atoms with Gasteiger partial charge in [0.2, 0.25) is 0 Å². The van der Waals surface area contributed by atoms with Crippen molar-refractivity contribution < 1.29 is 14.6 Å². The van der Waals surface area contributed by atoms with Gasteiger partial charge in [-0.2, -0.15) is 0 Å². The highest BCUT2D eigenvalue weighted by molar-refractivity contribution is 7.20. The zero-order chi connectivity index (χ0) is 22.0. The van der Waals surface area contributed by atoms with E-state index in [1.54, 1.807) is 11.3 Å². The number of hydrogen-bond donors (Lipinski definition) is 1. The van der Waals surface area contributed by atoms with Crippen LogP contribution < -0.4 is 4.74 Å². The maximum Gasteiger partial charge on any atom is 0.328 e. The first kappa shape index (κ1) is 22.1. The highest BCUT2D eigenvalue weighted by Gasteiger charge is 2.20. The molecule has 2 aromatic carbocycles. The molecule has 0 fully saturated rings. The van der Waals surface area contributed by atoms with Crippen molar-refractivity contribution in [2.75, 3.05) is 6.61 Å². The Labute approximate surface area is 183 Å². The number of carbonyl (C=O) groups is 1. The molecule has 0 bridgehead atoms. The summed E-state index contributed by atoms with van der Waals surface area (Å²) in [5.74, 6) is 0.793. The molecule has 0 spiro atoms. The lowest BCUT2D eigenvalue weighted by Crippen LogP contribution is -2.03. The number of allylic oxidation sites excluding steroid dienone is 1.